The van der Waals surface area contributed by atoms with Crippen molar-refractivity contribution in [3.63, 3.8) is 0 Å². The predicted octanol–water partition coefficient (Wildman–Crippen LogP) is 3.90. The van der Waals surface area contributed by atoms with Crippen LogP contribution in [0.5, 0.6) is 0 Å². The third kappa shape index (κ3) is 2.59. The lowest BCUT2D eigenvalue weighted by atomic mass is 10.2. The van der Waals surface area contributed by atoms with Crippen molar-refractivity contribution < 1.29 is 0 Å². The molecule has 3 nitrogen and oxygen atoms in total. The van der Waals surface area contributed by atoms with E-state index in [1.54, 1.807) is 22.7 Å². The molecule has 5 heteroatoms. The summed E-state index contributed by atoms with van der Waals surface area (Å²) in [5.74, 6) is 0.449. The molecule has 2 aromatic heterocycles. The lowest BCUT2D eigenvalue weighted by Crippen LogP contribution is -2.04. The van der Waals surface area contributed by atoms with Crippen molar-refractivity contribution in [2.24, 2.45) is 0 Å². The van der Waals surface area contributed by atoms with Gasteiger partial charge in [-0.2, -0.15) is 0 Å². The normalized spacial score (nSPS) is 13.0. The van der Waals surface area contributed by atoms with Crippen molar-refractivity contribution in [3.05, 3.63) is 27.4 Å². The number of hydrogen-bond acceptors (Lipinski definition) is 5. The zero-order chi connectivity index (χ0) is 11.5. The fourth-order valence-corrected chi connectivity index (χ4v) is 2.89. The maximum atomic E-state index is 4.16. The quantitative estimate of drug-likeness (QED) is 0.898. The van der Waals surface area contributed by atoms with E-state index >= 15 is 0 Å². The predicted molar refractivity (Wildman–Crippen MR) is 70.4 cm³/mol. The number of hydrogen-bond donors (Lipinski definition) is 1. The molecule has 1 atom stereocenters. The van der Waals surface area contributed by atoms with E-state index in [1.165, 1.54) is 4.88 Å². The van der Waals surface area contributed by atoms with Crippen LogP contribution in [0.1, 0.15) is 42.6 Å². The van der Waals surface area contributed by atoms with Gasteiger partial charge in [-0.3, -0.25) is 0 Å². The first-order chi connectivity index (χ1) is 7.66. The van der Waals surface area contributed by atoms with Crippen LogP contribution < -0.4 is 5.32 Å². The molecule has 2 aromatic rings. The Hall–Kier alpha value is -0.940. The van der Waals surface area contributed by atoms with E-state index in [4.69, 9.17) is 0 Å². The van der Waals surface area contributed by atoms with E-state index in [1.807, 2.05) is 0 Å². The van der Waals surface area contributed by atoms with Gasteiger partial charge in [0.2, 0.25) is 5.13 Å². The molecule has 16 heavy (non-hydrogen) atoms. The van der Waals surface area contributed by atoms with Crippen LogP contribution in [0.2, 0.25) is 0 Å². The van der Waals surface area contributed by atoms with Gasteiger partial charge in [0, 0.05) is 10.8 Å². The zero-order valence-electron chi connectivity index (χ0n) is 9.60. The molecule has 0 aliphatic rings. The van der Waals surface area contributed by atoms with E-state index in [-0.39, 0.29) is 0 Å². The SMILES string of the molecule is CC(C)c1nnc(NC(C)c2cccs2)s1. The Morgan fingerprint density at radius 3 is 2.62 bits per heavy atom. The van der Waals surface area contributed by atoms with Gasteiger partial charge in [0.05, 0.1) is 6.04 Å². The van der Waals surface area contributed by atoms with Gasteiger partial charge in [-0.25, -0.2) is 0 Å². The van der Waals surface area contributed by atoms with Crippen LogP contribution in [0.25, 0.3) is 0 Å². The zero-order valence-corrected chi connectivity index (χ0v) is 11.2. The number of anilines is 1. The molecule has 0 radical (unpaired) electrons. The number of nitrogens with zero attached hydrogens (tertiary/aromatic N) is 2. The molecule has 0 saturated heterocycles. The Labute approximate surface area is 104 Å². The van der Waals surface area contributed by atoms with Gasteiger partial charge in [0.25, 0.3) is 0 Å². The molecular weight excluding hydrogens is 238 g/mol. The molecule has 0 amide bonds. The van der Waals surface area contributed by atoms with Crippen molar-refractivity contribution in [2.75, 3.05) is 5.32 Å². The number of rotatable bonds is 4. The molecule has 2 rings (SSSR count). The minimum absolute atomic E-state index is 0.299. The Kier molecular flexibility index (Phi) is 3.56. The topological polar surface area (TPSA) is 37.8 Å². The Morgan fingerprint density at radius 1 is 1.25 bits per heavy atom. The summed E-state index contributed by atoms with van der Waals surface area (Å²) in [4.78, 5) is 1.32. The highest BCUT2D eigenvalue weighted by Gasteiger charge is 2.11. The summed E-state index contributed by atoms with van der Waals surface area (Å²) in [6.45, 7) is 6.41. The fraction of sp³-hybridized carbons (Fsp3) is 0.455. The first-order valence-corrected chi connectivity index (χ1v) is 6.99. The highest BCUT2D eigenvalue weighted by Crippen LogP contribution is 2.27. The van der Waals surface area contributed by atoms with E-state index in [9.17, 15) is 0 Å². The van der Waals surface area contributed by atoms with Crippen LogP contribution in [0.4, 0.5) is 5.13 Å². The molecule has 0 fully saturated rings. The molecule has 0 bridgehead atoms. The third-order valence-corrected chi connectivity index (χ3v) is 4.45. The molecule has 2 heterocycles. The second-order valence-electron chi connectivity index (χ2n) is 3.98. The van der Waals surface area contributed by atoms with Gasteiger partial charge in [-0.05, 0) is 18.4 Å². The minimum Gasteiger partial charge on any atom is -0.353 e. The standard InChI is InChI=1S/C11H15N3S2/c1-7(2)10-13-14-11(16-10)12-8(3)9-5-4-6-15-9/h4-8H,1-3H3,(H,12,14). The van der Waals surface area contributed by atoms with Crippen LogP contribution in [0.3, 0.4) is 0 Å². The Balaban J connectivity index is 2.03. The summed E-state index contributed by atoms with van der Waals surface area (Å²) >= 11 is 3.40. The molecule has 1 N–H and O–H groups in total. The molecule has 0 aliphatic carbocycles. The molecule has 1 unspecified atom stereocenters. The van der Waals surface area contributed by atoms with Crippen LogP contribution in [0, 0.1) is 0 Å². The van der Waals surface area contributed by atoms with Crippen LogP contribution in [-0.2, 0) is 0 Å². The van der Waals surface area contributed by atoms with Crippen LogP contribution in [-0.4, -0.2) is 10.2 Å². The smallest absolute Gasteiger partial charge is 0.206 e. The van der Waals surface area contributed by atoms with Crippen molar-refractivity contribution in [1.82, 2.24) is 10.2 Å². The monoisotopic (exact) mass is 253 g/mol. The number of thiophene rings is 1. The molecule has 0 saturated carbocycles. The lowest BCUT2D eigenvalue weighted by molar-refractivity contribution is 0.821. The largest absolute Gasteiger partial charge is 0.353 e. The maximum absolute atomic E-state index is 4.16. The average Bonchev–Trinajstić information content (AvgIpc) is 2.87. The highest BCUT2D eigenvalue weighted by molar-refractivity contribution is 7.15. The highest BCUT2D eigenvalue weighted by atomic mass is 32.1. The third-order valence-electron chi connectivity index (χ3n) is 2.24. The molecule has 0 aromatic carbocycles. The second-order valence-corrected chi connectivity index (χ2v) is 5.97. The van der Waals surface area contributed by atoms with E-state index < -0.39 is 0 Å². The van der Waals surface area contributed by atoms with Crippen molar-refractivity contribution in [2.45, 2.75) is 32.7 Å². The number of nitrogens with one attached hydrogen (secondary N) is 1. The van der Waals surface area contributed by atoms with Crippen LogP contribution in [0.15, 0.2) is 17.5 Å². The van der Waals surface area contributed by atoms with Gasteiger partial charge in [-0.1, -0.05) is 31.3 Å². The minimum atomic E-state index is 0.299. The Morgan fingerprint density at radius 2 is 2.06 bits per heavy atom. The first-order valence-electron chi connectivity index (χ1n) is 5.30. The van der Waals surface area contributed by atoms with Gasteiger partial charge in [0.15, 0.2) is 0 Å². The first kappa shape index (κ1) is 11.5. The molecule has 0 spiro atoms. The van der Waals surface area contributed by atoms with Crippen molar-refractivity contribution in [3.8, 4) is 0 Å². The van der Waals surface area contributed by atoms with Crippen LogP contribution >= 0.6 is 22.7 Å². The number of aromatic nitrogens is 2. The lowest BCUT2D eigenvalue weighted by Gasteiger charge is -2.09. The molecular formula is C11H15N3S2. The van der Waals surface area contributed by atoms with E-state index in [0.717, 1.165) is 10.1 Å². The second kappa shape index (κ2) is 4.93. The fourth-order valence-electron chi connectivity index (χ4n) is 1.32. The summed E-state index contributed by atoms with van der Waals surface area (Å²) in [5, 5.41) is 15.8. The summed E-state index contributed by atoms with van der Waals surface area (Å²) < 4.78 is 0. The van der Waals surface area contributed by atoms with E-state index in [0.29, 0.717) is 12.0 Å². The van der Waals surface area contributed by atoms with Crippen molar-refractivity contribution >= 4 is 27.8 Å². The average molecular weight is 253 g/mol. The summed E-state index contributed by atoms with van der Waals surface area (Å²) in [5.41, 5.74) is 0. The van der Waals surface area contributed by atoms with E-state index in [2.05, 4.69) is 53.8 Å². The molecule has 86 valence electrons. The summed E-state index contributed by atoms with van der Waals surface area (Å²) in [6, 6.07) is 4.50. The maximum Gasteiger partial charge on any atom is 0.206 e. The summed E-state index contributed by atoms with van der Waals surface area (Å²) in [6.07, 6.45) is 0. The molecule has 0 aliphatic heterocycles. The van der Waals surface area contributed by atoms with Crippen molar-refractivity contribution in [1.29, 1.82) is 0 Å². The van der Waals surface area contributed by atoms with Gasteiger partial charge in [0.1, 0.15) is 5.01 Å². The summed E-state index contributed by atoms with van der Waals surface area (Å²) in [7, 11) is 0. The Bertz CT molecular complexity index is 434. The van der Waals surface area contributed by atoms with Gasteiger partial charge >= 0.3 is 0 Å². The van der Waals surface area contributed by atoms with Gasteiger partial charge < -0.3 is 5.32 Å². The van der Waals surface area contributed by atoms with Gasteiger partial charge in [-0.15, -0.1) is 21.5 Å².